The van der Waals surface area contributed by atoms with Crippen molar-refractivity contribution in [2.24, 2.45) is 4.99 Å². The summed E-state index contributed by atoms with van der Waals surface area (Å²) in [4.78, 5) is 24.9. The first-order valence-electron chi connectivity index (χ1n) is 11.9. The average molecular weight is 483 g/mol. The van der Waals surface area contributed by atoms with Gasteiger partial charge in [0.15, 0.2) is 5.75 Å². The van der Waals surface area contributed by atoms with E-state index in [-0.39, 0.29) is 0 Å². The minimum absolute atomic E-state index is 0.581. The van der Waals surface area contributed by atoms with Gasteiger partial charge in [-0.1, -0.05) is 24.3 Å². The molecule has 182 valence electrons. The van der Waals surface area contributed by atoms with Crippen LogP contribution in [0.5, 0.6) is 17.2 Å². The van der Waals surface area contributed by atoms with Gasteiger partial charge in [0, 0.05) is 48.8 Å². The van der Waals surface area contributed by atoms with E-state index in [2.05, 4.69) is 9.88 Å². The molecule has 1 fully saturated rings. The van der Waals surface area contributed by atoms with Crippen LogP contribution in [0.3, 0.4) is 0 Å². The fourth-order valence-electron chi connectivity index (χ4n) is 5.06. The zero-order valence-electron chi connectivity index (χ0n) is 19.8. The molecular formula is C28H26N4O4. The number of hydrogen-bond acceptors (Lipinski definition) is 6. The zero-order chi connectivity index (χ0) is 24.6. The summed E-state index contributed by atoms with van der Waals surface area (Å²) in [5.41, 5.74) is 3.34. The number of carboxylic acid groups (broad SMARTS) is 1. The van der Waals surface area contributed by atoms with Crippen molar-refractivity contribution in [1.29, 1.82) is 0 Å². The predicted molar refractivity (Wildman–Crippen MR) is 138 cm³/mol. The highest BCUT2D eigenvalue weighted by atomic mass is 16.5. The molecule has 0 unspecified atom stereocenters. The SMILES string of the molecule is COc1ccc2[nH]cc([C@@H](C(=O)O)N3CCN(C4=Nc5ccccc5Oc5ccccc54)CC3)c2c1. The summed E-state index contributed by atoms with van der Waals surface area (Å²) in [5, 5.41) is 11.1. The molecule has 0 aliphatic carbocycles. The van der Waals surface area contributed by atoms with Gasteiger partial charge in [-0.2, -0.15) is 0 Å². The lowest BCUT2D eigenvalue weighted by Crippen LogP contribution is -2.51. The molecule has 0 amide bonds. The van der Waals surface area contributed by atoms with Gasteiger partial charge >= 0.3 is 5.97 Å². The van der Waals surface area contributed by atoms with E-state index in [1.807, 2.05) is 71.6 Å². The normalized spacial score (nSPS) is 16.4. The maximum atomic E-state index is 12.5. The van der Waals surface area contributed by atoms with Crippen molar-refractivity contribution >= 4 is 28.4 Å². The first-order chi connectivity index (χ1) is 17.6. The van der Waals surface area contributed by atoms with Gasteiger partial charge in [0.25, 0.3) is 0 Å². The van der Waals surface area contributed by atoms with Crippen LogP contribution in [-0.4, -0.2) is 65.0 Å². The van der Waals surface area contributed by atoms with Gasteiger partial charge in [-0.3, -0.25) is 9.69 Å². The van der Waals surface area contributed by atoms with Crippen LogP contribution in [0.1, 0.15) is 17.2 Å². The molecule has 0 radical (unpaired) electrons. The van der Waals surface area contributed by atoms with E-state index in [9.17, 15) is 9.90 Å². The Hall–Kier alpha value is -4.30. The van der Waals surface area contributed by atoms with Crippen molar-refractivity contribution in [3.8, 4) is 17.2 Å². The van der Waals surface area contributed by atoms with Crippen LogP contribution in [0.4, 0.5) is 5.69 Å². The Balaban J connectivity index is 1.29. The number of carbonyl (C=O) groups is 1. The second-order valence-corrected chi connectivity index (χ2v) is 8.92. The highest BCUT2D eigenvalue weighted by Gasteiger charge is 2.34. The Labute approximate surface area is 208 Å². The molecule has 0 bridgehead atoms. The molecule has 4 aromatic rings. The number of piperazine rings is 1. The molecular weight excluding hydrogens is 456 g/mol. The number of para-hydroxylation sites is 3. The number of nitrogens with one attached hydrogen (secondary N) is 1. The van der Waals surface area contributed by atoms with E-state index in [0.717, 1.165) is 45.1 Å². The van der Waals surface area contributed by atoms with Crippen LogP contribution in [0.25, 0.3) is 10.9 Å². The number of amidine groups is 1. The number of carboxylic acids is 1. The smallest absolute Gasteiger partial charge is 0.325 e. The number of aromatic nitrogens is 1. The fourth-order valence-corrected chi connectivity index (χ4v) is 5.06. The molecule has 3 aromatic carbocycles. The molecule has 8 heteroatoms. The molecule has 36 heavy (non-hydrogen) atoms. The summed E-state index contributed by atoms with van der Waals surface area (Å²) < 4.78 is 11.6. The van der Waals surface area contributed by atoms with Crippen molar-refractivity contribution in [2.45, 2.75) is 6.04 Å². The number of H-pyrrole nitrogens is 1. The van der Waals surface area contributed by atoms with Crippen molar-refractivity contribution in [3.05, 3.63) is 84.1 Å². The number of nitrogens with zero attached hydrogens (tertiary/aromatic N) is 3. The summed E-state index contributed by atoms with van der Waals surface area (Å²) in [6.45, 7) is 2.45. The van der Waals surface area contributed by atoms with Crippen LogP contribution in [0, 0.1) is 0 Å². The molecule has 1 saturated heterocycles. The second-order valence-electron chi connectivity index (χ2n) is 8.92. The van der Waals surface area contributed by atoms with Crippen LogP contribution in [0.2, 0.25) is 0 Å². The highest BCUT2D eigenvalue weighted by Crippen LogP contribution is 2.38. The minimum Gasteiger partial charge on any atom is -0.497 e. The van der Waals surface area contributed by atoms with Crippen LogP contribution in [-0.2, 0) is 4.79 Å². The van der Waals surface area contributed by atoms with Crippen molar-refractivity contribution in [1.82, 2.24) is 14.8 Å². The maximum absolute atomic E-state index is 12.5. The quantitative estimate of drug-likeness (QED) is 0.434. The third kappa shape index (κ3) is 3.85. The Kier molecular flexibility index (Phi) is 5.58. The molecule has 1 aromatic heterocycles. The predicted octanol–water partition coefficient (Wildman–Crippen LogP) is 4.80. The molecule has 3 heterocycles. The largest absolute Gasteiger partial charge is 0.497 e. The molecule has 2 aliphatic rings. The average Bonchev–Trinajstić information content (AvgIpc) is 3.23. The number of ether oxygens (including phenoxy) is 2. The third-order valence-corrected chi connectivity index (χ3v) is 6.87. The number of rotatable bonds is 4. The second kappa shape index (κ2) is 9.05. The number of hydrogen-bond donors (Lipinski definition) is 2. The molecule has 2 aliphatic heterocycles. The van der Waals surface area contributed by atoms with Gasteiger partial charge in [0.05, 0.1) is 12.7 Å². The van der Waals surface area contributed by atoms with Gasteiger partial charge in [0.2, 0.25) is 0 Å². The highest BCUT2D eigenvalue weighted by molar-refractivity contribution is 6.03. The van der Waals surface area contributed by atoms with E-state index in [1.165, 1.54) is 0 Å². The number of fused-ring (bicyclic) bond motifs is 3. The molecule has 0 saturated carbocycles. The number of benzene rings is 3. The summed E-state index contributed by atoms with van der Waals surface area (Å²) in [6.07, 6.45) is 1.80. The van der Waals surface area contributed by atoms with Gasteiger partial charge in [-0.25, -0.2) is 4.99 Å². The van der Waals surface area contributed by atoms with E-state index >= 15 is 0 Å². The third-order valence-electron chi connectivity index (χ3n) is 6.87. The van der Waals surface area contributed by atoms with Crippen molar-refractivity contribution in [2.75, 3.05) is 33.3 Å². The monoisotopic (exact) mass is 482 g/mol. The standard InChI is InChI=1S/C28H26N4O4/c1-35-18-10-11-22-20(16-18)21(17-29-22)26(28(33)34)31-12-14-32(15-13-31)27-19-6-2-4-8-24(19)36-25-9-5-3-7-23(25)30-27/h2-11,16-17,26,29H,12-15H2,1H3,(H,33,34)/t26-/m0/s1. The zero-order valence-corrected chi connectivity index (χ0v) is 19.8. The molecule has 2 N–H and O–H groups in total. The number of methoxy groups -OCH3 is 1. The van der Waals surface area contributed by atoms with Crippen LogP contribution >= 0.6 is 0 Å². The van der Waals surface area contributed by atoms with Crippen molar-refractivity contribution < 1.29 is 19.4 Å². The van der Waals surface area contributed by atoms with E-state index in [0.29, 0.717) is 31.9 Å². The van der Waals surface area contributed by atoms with E-state index in [4.69, 9.17) is 14.5 Å². The van der Waals surface area contributed by atoms with Crippen LogP contribution < -0.4 is 9.47 Å². The lowest BCUT2D eigenvalue weighted by Gasteiger charge is -2.39. The lowest BCUT2D eigenvalue weighted by molar-refractivity contribution is -0.144. The van der Waals surface area contributed by atoms with E-state index in [1.54, 1.807) is 13.3 Å². The Morgan fingerprint density at radius 3 is 2.56 bits per heavy atom. The minimum atomic E-state index is -0.869. The lowest BCUT2D eigenvalue weighted by atomic mass is 10.0. The maximum Gasteiger partial charge on any atom is 0.325 e. The van der Waals surface area contributed by atoms with Gasteiger partial charge in [0.1, 0.15) is 29.1 Å². The van der Waals surface area contributed by atoms with Gasteiger partial charge in [-0.05, 0) is 42.5 Å². The van der Waals surface area contributed by atoms with Crippen molar-refractivity contribution in [3.63, 3.8) is 0 Å². The summed E-state index contributed by atoms with van der Waals surface area (Å²) in [7, 11) is 1.61. The Morgan fingerprint density at radius 1 is 1.03 bits per heavy atom. The Morgan fingerprint density at radius 2 is 1.78 bits per heavy atom. The van der Waals surface area contributed by atoms with E-state index < -0.39 is 12.0 Å². The Bertz CT molecular complexity index is 1470. The summed E-state index contributed by atoms with van der Waals surface area (Å²) in [6, 6.07) is 20.6. The van der Waals surface area contributed by atoms with Crippen LogP contribution in [0.15, 0.2) is 77.9 Å². The molecule has 1 atom stereocenters. The number of aromatic amines is 1. The molecule has 6 rings (SSSR count). The summed E-state index contributed by atoms with van der Waals surface area (Å²) >= 11 is 0. The first kappa shape index (κ1) is 22.2. The van der Waals surface area contributed by atoms with Gasteiger partial charge < -0.3 is 24.5 Å². The number of aliphatic imine (C=N–C) groups is 1. The molecule has 0 spiro atoms. The summed E-state index contributed by atoms with van der Waals surface area (Å²) in [5.74, 6) is 2.16. The fraction of sp³-hybridized carbons (Fsp3) is 0.214. The first-order valence-corrected chi connectivity index (χ1v) is 11.9. The molecule has 8 nitrogen and oxygen atoms in total. The topological polar surface area (TPSA) is 90.4 Å². The number of aliphatic carboxylic acids is 1. The van der Waals surface area contributed by atoms with Gasteiger partial charge in [-0.15, -0.1) is 0 Å².